The summed E-state index contributed by atoms with van der Waals surface area (Å²) >= 11 is 0. The zero-order chi connectivity index (χ0) is 6.41. The van der Waals surface area contributed by atoms with Gasteiger partial charge in [0.15, 0.2) is 0 Å². The third-order valence-corrected chi connectivity index (χ3v) is 0. The van der Waals surface area contributed by atoms with Crippen LogP contribution >= 0.6 is 24.1 Å². The topological polar surface area (TPSA) is 0 Å². The molecule has 8 heavy (non-hydrogen) atoms. The SMILES string of the molecule is FS(F)(F)(F)(F)F.S. The average Bonchev–Trinajstić information content (AvgIpc) is 0.592. The fourth-order valence-electron chi connectivity index (χ4n) is 0. The van der Waals surface area contributed by atoms with Crippen LogP contribution in [0.25, 0.3) is 0 Å². The highest BCUT2D eigenvalue weighted by Gasteiger charge is 2.64. The van der Waals surface area contributed by atoms with Crippen LogP contribution < -0.4 is 0 Å². The molecule has 8 heteroatoms. The maximum atomic E-state index is 9.85. The number of halogens is 6. The molecule has 0 heterocycles. The molecule has 0 spiro atoms. The van der Waals surface area contributed by atoms with Gasteiger partial charge in [-0.1, -0.05) is 23.3 Å². The van der Waals surface area contributed by atoms with Crippen LogP contribution in [0.3, 0.4) is 0 Å². The fraction of sp³-hybridized carbons (Fsp3) is 0. The summed E-state index contributed by atoms with van der Waals surface area (Å²) in [5.74, 6) is 0. The molecule has 0 amide bonds. The number of rotatable bonds is 0. The molecule has 0 atom stereocenters. The molecule has 0 aliphatic rings. The maximum absolute atomic E-state index is 10.5. The Morgan fingerprint density at radius 3 is 0.625 bits per heavy atom. The van der Waals surface area contributed by atoms with Gasteiger partial charge in [-0.2, -0.15) is 13.5 Å². The predicted molar refractivity (Wildman–Crippen MR) is 24.6 cm³/mol. The van der Waals surface area contributed by atoms with Gasteiger partial charge in [0, 0.05) is 0 Å². The Morgan fingerprint density at radius 2 is 0.625 bits per heavy atom. The molecule has 56 valence electrons. The Balaban J connectivity index is 0. The molecule has 0 fully saturated rings. The van der Waals surface area contributed by atoms with Gasteiger partial charge in [-0.15, -0.1) is 0 Å². The van der Waals surface area contributed by atoms with Crippen molar-refractivity contribution in [2.75, 3.05) is 0 Å². The minimum Gasteiger partial charge on any atom is -0.197 e. The first-order chi connectivity index (χ1) is 2.45. The van der Waals surface area contributed by atoms with E-state index in [-0.39, 0.29) is 13.5 Å². The molecule has 0 saturated heterocycles. The normalized spacial score (nSPS) is 20.2. The zero-order valence-corrected chi connectivity index (χ0v) is 4.99. The van der Waals surface area contributed by atoms with Crippen molar-refractivity contribution in [2.24, 2.45) is 0 Å². The summed E-state index contributed by atoms with van der Waals surface area (Å²) < 4.78 is 59.1. The highest BCUT2D eigenvalue weighted by atomic mass is 32.5. The lowest BCUT2D eigenvalue weighted by Gasteiger charge is -2.28. The summed E-state index contributed by atoms with van der Waals surface area (Å²) in [7, 11) is -10.5. The summed E-state index contributed by atoms with van der Waals surface area (Å²) in [5.41, 5.74) is 0. The van der Waals surface area contributed by atoms with Gasteiger partial charge in [0.25, 0.3) is 0 Å². The molecule has 0 N–H and O–H groups in total. The maximum Gasteiger partial charge on any atom is 0.431 e. The van der Waals surface area contributed by atoms with Crippen molar-refractivity contribution >= 4 is 24.1 Å². The van der Waals surface area contributed by atoms with E-state index in [4.69, 9.17) is 0 Å². The van der Waals surface area contributed by atoms with Crippen LogP contribution in [0.5, 0.6) is 0 Å². The minimum atomic E-state index is -10.5. The molecule has 0 rings (SSSR count). The second-order valence-electron chi connectivity index (χ2n) is 0.875. The second-order valence-corrected chi connectivity index (χ2v) is 2.62. The number of hydrogen-bond donors (Lipinski definition) is 0. The van der Waals surface area contributed by atoms with Crippen molar-refractivity contribution in [2.45, 2.75) is 0 Å². The van der Waals surface area contributed by atoms with Crippen molar-refractivity contribution in [3.63, 3.8) is 0 Å². The molecular formula is H2F6S2. The molecule has 0 unspecified atom stereocenters. The number of hydrogen-bond acceptors (Lipinski definition) is 0. The van der Waals surface area contributed by atoms with Gasteiger partial charge >= 0.3 is 10.6 Å². The van der Waals surface area contributed by atoms with Crippen LogP contribution in [-0.4, -0.2) is 0 Å². The van der Waals surface area contributed by atoms with Crippen molar-refractivity contribution in [1.82, 2.24) is 0 Å². The van der Waals surface area contributed by atoms with E-state index in [9.17, 15) is 23.3 Å². The van der Waals surface area contributed by atoms with E-state index in [1.807, 2.05) is 0 Å². The molecule has 0 saturated carbocycles. The van der Waals surface area contributed by atoms with E-state index in [0.29, 0.717) is 0 Å². The average molecular weight is 180 g/mol. The summed E-state index contributed by atoms with van der Waals surface area (Å²) in [4.78, 5) is 0. The molecule has 0 aliphatic carbocycles. The lowest BCUT2D eigenvalue weighted by Crippen LogP contribution is -1.92. The molecule has 0 aromatic rings. The third kappa shape index (κ3) is 2230. The van der Waals surface area contributed by atoms with Crippen molar-refractivity contribution < 1.29 is 23.3 Å². The lowest BCUT2D eigenvalue weighted by atomic mass is 18.6. The van der Waals surface area contributed by atoms with Crippen LogP contribution in [0.1, 0.15) is 0 Å². The second kappa shape index (κ2) is 1.23. The van der Waals surface area contributed by atoms with Gasteiger partial charge in [-0.05, 0) is 0 Å². The highest BCUT2D eigenvalue weighted by Crippen LogP contribution is 2.99. The monoisotopic (exact) mass is 180 g/mol. The third-order valence-electron chi connectivity index (χ3n) is 0. The van der Waals surface area contributed by atoms with Crippen LogP contribution in [0.15, 0.2) is 0 Å². The van der Waals surface area contributed by atoms with E-state index < -0.39 is 10.6 Å². The van der Waals surface area contributed by atoms with Gasteiger partial charge in [-0.3, -0.25) is 0 Å². The Labute approximate surface area is 48.3 Å². The van der Waals surface area contributed by atoms with E-state index >= 15 is 0 Å². The Hall–Kier alpha value is 0.280. The summed E-state index contributed by atoms with van der Waals surface area (Å²) in [6.45, 7) is 0. The first-order valence-corrected chi connectivity index (χ1v) is 2.78. The van der Waals surface area contributed by atoms with Crippen molar-refractivity contribution in [3.05, 3.63) is 0 Å². The Bertz CT molecular complexity index is 65.1. The lowest BCUT2D eigenvalue weighted by molar-refractivity contribution is 0.291. The largest absolute Gasteiger partial charge is 0.431 e. The summed E-state index contributed by atoms with van der Waals surface area (Å²) in [5, 5.41) is 0. The zero-order valence-electron chi connectivity index (χ0n) is 3.18. The molecule has 0 nitrogen and oxygen atoms in total. The van der Waals surface area contributed by atoms with Crippen molar-refractivity contribution in [1.29, 1.82) is 0 Å². The Kier molecular flexibility index (Phi) is 1.71. The smallest absolute Gasteiger partial charge is 0.197 e. The summed E-state index contributed by atoms with van der Waals surface area (Å²) in [6.07, 6.45) is 0. The van der Waals surface area contributed by atoms with E-state index in [1.165, 1.54) is 0 Å². The molecule has 0 aromatic heterocycles. The van der Waals surface area contributed by atoms with E-state index in [0.717, 1.165) is 0 Å². The van der Waals surface area contributed by atoms with Gasteiger partial charge < -0.3 is 0 Å². The first-order valence-electron chi connectivity index (χ1n) is 0.926. The van der Waals surface area contributed by atoms with Gasteiger partial charge in [0.1, 0.15) is 0 Å². The summed E-state index contributed by atoms with van der Waals surface area (Å²) in [6, 6.07) is 0. The van der Waals surface area contributed by atoms with Crippen LogP contribution in [0.4, 0.5) is 23.3 Å². The molecule has 0 aliphatic heterocycles. The van der Waals surface area contributed by atoms with Crippen LogP contribution in [0.2, 0.25) is 0 Å². The van der Waals surface area contributed by atoms with Crippen LogP contribution in [0, 0.1) is 0 Å². The highest BCUT2D eigenvalue weighted by molar-refractivity contribution is 8.41. The molecular weight excluding hydrogens is 178 g/mol. The molecule has 0 radical (unpaired) electrons. The first kappa shape index (κ1) is 11.1. The van der Waals surface area contributed by atoms with Gasteiger partial charge in [0.2, 0.25) is 0 Å². The standard InChI is InChI=1S/F6S.H2S/c1-7(2,3,4,5)6;/h;1H2. The predicted octanol–water partition coefficient (Wildman–Crippen LogP) is 3.28. The van der Waals surface area contributed by atoms with E-state index in [1.54, 1.807) is 0 Å². The quantitative estimate of drug-likeness (QED) is 0.502. The van der Waals surface area contributed by atoms with Crippen molar-refractivity contribution in [3.8, 4) is 0 Å². The molecule has 0 aromatic carbocycles. The minimum absolute atomic E-state index is 0. The fourth-order valence-corrected chi connectivity index (χ4v) is 0. The Morgan fingerprint density at radius 1 is 0.625 bits per heavy atom. The van der Waals surface area contributed by atoms with Crippen LogP contribution in [-0.2, 0) is 0 Å². The van der Waals surface area contributed by atoms with Gasteiger partial charge in [-0.25, -0.2) is 0 Å². The van der Waals surface area contributed by atoms with Gasteiger partial charge in [0.05, 0.1) is 0 Å². The van der Waals surface area contributed by atoms with E-state index in [2.05, 4.69) is 0 Å². The molecule has 0 bridgehead atoms.